The van der Waals surface area contributed by atoms with Gasteiger partial charge in [0.2, 0.25) is 6.41 Å². The summed E-state index contributed by atoms with van der Waals surface area (Å²) >= 11 is 0. The van der Waals surface area contributed by atoms with Crippen molar-refractivity contribution in [1.82, 2.24) is 4.90 Å². The highest BCUT2D eigenvalue weighted by Crippen LogP contribution is 2.38. The Balaban J connectivity index is 0.000000217. The minimum atomic E-state index is -0.460. The highest BCUT2D eigenvalue weighted by molar-refractivity contribution is 5.84. The summed E-state index contributed by atoms with van der Waals surface area (Å²) in [6, 6.07) is 7.97. The van der Waals surface area contributed by atoms with Crippen LogP contribution in [0.4, 0.5) is 10.1 Å². The first-order chi connectivity index (χ1) is 22.3. The normalized spacial score (nSPS) is 21.3. The Labute approximate surface area is 277 Å². The molecule has 3 fully saturated rings. The van der Waals surface area contributed by atoms with Crippen LogP contribution in [0.1, 0.15) is 116 Å². The van der Waals surface area contributed by atoms with Crippen molar-refractivity contribution in [1.29, 1.82) is 0 Å². The monoisotopic (exact) mass is 643 g/mol. The van der Waals surface area contributed by atoms with Gasteiger partial charge in [0.1, 0.15) is 30.6 Å². The maximum atomic E-state index is 11.9. The van der Waals surface area contributed by atoms with Crippen molar-refractivity contribution in [2.24, 2.45) is 29.4 Å². The molecule has 4 unspecified atom stereocenters. The Kier molecular flexibility index (Phi) is 19.7. The Morgan fingerprint density at radius 2 is 1.78 bits per heavy atom. The molecule has 8 heteroatoms. The summed E-state index contributed by atoms with van der Waals surface area (Å²) in [6.07, 6.45) is 20.9. The Hall–Kier alpha value is -2.58. The molecule has 4 atom stereocenters. The smallest absolute Gasteiger partial charge is 0.211 e. The first kappa shape index (κ1) is 39.6. The number of nitrogens with two attached hydrogens (primary N) is 1. The number of fused-ring (bicyclic) bond motifs is 1. The quantitative estimate of drug-likeness (QED) is 0.212. The number of nitrogens with zero attached hydrogens (tertiary/aromatic N) is 1. The highest BCUT2D eigenvalue weighted by Gasteiger charge is 2.34. The Morgan fingerprint density at radius 3 is 2.33 bits per heavy atom. The molecule has 3 N–H and O–H groups in total. The van der Waals surface area contributed by atoms with E-state index in [0.29, 0.717) is 12.8 Å². The van der Waals surface area contributed by atoms with Crippen molar-refractivity contribution >= 4 is 35.6 Å². The van der Waals surface area contributed by atoms with Gasteiger partial charge >= 0.3 is 0 Å². The second kappa shape index (κ2) is 22.9. The second-order valence-corrected chi connectivity index (χ2v) is 13.6. The van der Waals surface area contributed by atoms with Crippen LogP contribution >= 0.6 is 0 Å². The van der Waals surface area contributed by atoms with Crippen LogP contribution in [0, 0.1) is 30.6 Å². The number of amides is 1. The van der Waals surface area contributed by atoms with Gasteiger partial charge < -0.3 is 30.0 Å². The van der Waals surface area contributed by atoms with E-state index in [0.717, 1.165) is 90.9 Å². The van der Waals surface area contributed by atoms with Crippen molar-refractivity contribution in [2.75, 3.05) is 25.6 Å². The third-order valence-electron chi connectivity index (χ3n) is 10.2. The van der Waals surface area contributed by atoms with Crippen LogP contribution < -0.4 is 11.1 Å². The van der Waals surface area contributed by atoms with Gasteiger partial charge in [-0.25, -0.2) is 4.39 Å². The van der Waals surface area contributed by atoms with Gasteiger partial charge in [0.05, 0.1) is 0 Å². The van der Waals surface area contributed by atoms with E-state index in [2.05, 4.69) is 24.2 Å². The molecule has 1 amide bonds. The number of anilines is 1. The van der Waals surface area contributed by atoms with Gasteiger partial charge in [0, 0.05) is 35.5 Å². The number of aldehydes is 2. The van der Waals surface area contributed by atoms with Crippen LogP contribution in [-0.4, -0.2) is 56.2 Å². The molecule has 7 nitrogen and oxygen atoms in total. The van der Waals surface area contributed by atoms with Gasteiger partial charge in [-0.2, -0.15) is 0 Å². The fraction of sp³-hybridized carbons (Fsp3) is 0.711. The lowest BCUT2D eigenvalue weighted by Crippen LogP contribution is -2.30. The number of likely N-dealkylation sites (tertiary alicyclic amines) is 1. The Morgan fingerprint density at radius 1 is 1.04 bits per heavy atom. The van der Waals surface area contributed by atoms with Crippen molar-refractivity contribution < 1.29 is 23.2 Å². The van der Waals surface area contributed by atoms with Crippen LogP contribution in [0.15, 0.2) is 28.7 Å². The molecular weight excluding hydrogens is 581 g/mol. The minimum absolute atomic E-state index is 0.136. The maximum Gasteiger partial charge on any atom is 0.211 e. The second-order valence-electron chi connectivity index (χ2n) is 13.6. The van der Waals surface area contributed by atoms with E-state index in [1.54, 1.807) is 6.07 Å². The first-order valence-corrected chi connectivity index (χ1v) is 17.9. The van der Waals surface area contributed by atoms with E-state index >= 15 is 0 Å². The van der Waals surface area contributed by atoms with Crippen LogP contribution in [-0.2, 0) is 14.4 Å². The summed E-state index contributed by atoms with van der Waals surface area (Å²) in [5, 5.41) is 3.59. The lowest BCUT2D eigenvalue weighted by Gasteiger charge is -2.31. The number of hydrogen-bond acceptors (Lipinski definition) is 6. The number of halogens is 1. The molecule has 260 valence electrons. The zero-order valence-electron chi connectivity index (χ0n) is 29.1. The molecule has 1 aromatic heterocycles. The van der Waals surface area contributed by atoms with E-state index < -0.39 is 6.67 Å². The van der Waals surface area contributed by atoms with E-state index in [1.165, 1.54) is 64.3 Å². The number of alkyl halides is 1. The van der Waals surface area contributed by atoms with Crippen LogP contribution in [0.5, 0.6) is 0 Å². The molecule has 2 aromatic rings. The molecule has 3 aliphatic rings. The summed E-state index contributed by atoms with van der Waals surface area (Å²) in [6.45, 7) is 7.17. The molecule has 2 saturated carbocycles. The molecule has 0 bridgehead atoms. The molecule has 1 aromatic carbocycles. The number of furan rings is 1. The SMILES string of the molecule is CC1C(C2CCCCC2)CCN1C.CCC(C=O)CCCC(N)CF.Cc1cc2cc(NC=O)ccc2o1.O=CCCC1CCC1. The number of nitrogens with one attached hydrogen (secondary N) is 1. The summed E-state index contributed by atoms with van der Waals surface area (Å²) in [7, 11) is 2.29. The van der Waals surface area contributed by atoms with Gasteiger partial charge in [-0.05, 0) is 102 Å². The van der Waals surface area contributed by atoms with Gasteiger partial charge in [-0.15, -0.1) is 0 Å². The molecule has 5 rings (SSSR count). The van der Waals surface area contributed by atoms with Crippen LogP contribution in [0.2, 0.25) is 0 Å². The summed E-state index contributed by atoms with van der Waals surface area (Å²) in [4.78, 5) is 32.9. The third kappa shape index (κ3) is 14.5. The molecule has 0 radical (unpaired) electrons. The number of carbonyl (C=O) groups is 3. The summed E-state index contributed by atoms with van der Waals surface area (Å²) in [5.74, 6) is 3.99. The predicted octanol–water partition coefficient (Wildman–Crippen LogP) is 8.66. The zero-order valence-corrected chi connectivity index (χ0v) is 29.1. The number of benzene rings is 1. The fourth-order valence-corrected chi connectivity index (χ4v) is 6.82. The van der Waals surface area contributed by atoms with Crippen molar-refractivity contribution in [2.45, 2.75) is 129 Å². The largest absolute Gasteiger partial charge is 0.461 e. The average molecular weight is 644 g/mol. The van der Waals surface area contributed by atoms with Crippen LogP contribution in [0.25, 0.3) is 11.0 Å². The molecule has 0 spiro atoms. The van der Waals surface area contributed by atoms with Crippen molar-refractivity contribution in [3.63, 3.8) is 0 Å². The average Bonchev–Trinajstić information content (AvgIpc) is 3.59. The van der Waals surface area contributed by atoms with E-state index in [9.17, 15) is 18.8 Å². The predicted molar refractivity (Wildman–Crippen MR) is 188 cm³/mol. The fourth-order valence-electron chi connectivity index (χ4n) is 6.82. The molecular formula is C38H62FN3O4. The highest BCUT2D eigenvalue weighted by atomic mass is 19.1. The van der Waals surface area contributed by atoms with Gasteiger partial charge in [-0.3, -0.25) is 4.79 Å². The topological polar surface area (TPSA) is 106 Å². The van der Waals surface area contributed by atoms with Crippen molar-refractivity contribution in [3.8, 4) is 0 Å². The lowest BCUT2D eigenvalue weighted by atomic mass is 9.77. The molecule has 1 aliphatic heterocycles. The molecule has 2 heterocycles. The van der Waals surface area contributed by atoms with Gasteiger partial charge in [0.15, 0.2) is 0 Å². The van der Waals surface area contributed by atoms with Crippen LogP contribution in [0.3, 0.4) is 0 Å². The van der Waals surface area contributed by atoms with E-state index in [4.69, 9.17) is 10.2 Å². The molecule has 2 aliphatic carbocycles. The number of rotatable bonds is 13. The number of hydrogen-bond donors (Lipinski definition) is 2. The molecule has 46 heavy (non-hydrogen) atoms. The lowest BCUT2D eigenvalue weighted by molar-refractivity contribution is -0.111. The number of aryl methyl sites for hydroxylation is 1. The third-order valence-corrected chi connectivity index (χ3v) is 10.2. The summed E-state index contributed by atoms with van der Waals surface area (Å²) in [5.41, 5.74) is 7.00. The van der Waals surface area contributed by atoms with Crippen molar-refractivity contribution in [3.05, 3.63) is 30.0 Å². The minimum Gasteiger partial charge on any atom is -0.461 e. The zero-order chi connectivity index (χ0) is 33.7. The van der Waals surface area contributed by atoms with E-state index in [1.807, 2.05) is 32.0 Å². The summed E-state index contributed by atoms with van der Waals surface area (Å²) < 4.78 is 17.3. The van der Waals surface area contributed by atoms with Gasteiger partial charge in [0.25, 0.3) is 0 Å². The van der Waals surface area contributed by atoms with E-state index in [-0.39, 0.29) is 12.0 Å². The first-order valence-electron chi connectivity index (χ1n) is 17.9. The Bertz CT molecular complexity index is 1110. The van der Waals surface area contributed by atoms with Gasteiger partial charge in [-0.1, -0.05) is 64.7 Å². The maximum absolute atomic E-state index is 11.9. The number of carbonyl (C=O) groups excluding carboxylic acids is 3. The molecule has 1 saturated heterocycles. The standard InChI is InChI=1S/C12H23N.C10H9NO2.C9H18FNO.C7H12O/c1-10-12(8-9-13(10)2)11-6-4-3-5-7-11;1-7-4-8-5-9(11-6-12)2-3-10(8)13-7;1-2-8(7-12)4-3-5-9(11)6-10;8-6-2-5-7-3-1-4-7/h10-12H,3-9H2,1-2H3;2-6H,1H3,(H,11,12);7-9H,2-6,11H2,1H3;6-7H,1-5H2.